The molecule has 0 nitrogen and oxygen atoms in total. The second-order valence-electron chi connectivity index (χ2n) is 4.77. The molecule has 88 valence electrons. The summed E-state index contributed by atoms with van der Waals surface area (Å²) < 4.78 is 0. The number of hydrogen-bond acceptors (Lipinski definition) is 0. The first-order valence-electron chi connectivity index (χ1n) is 6.25. The largest absolute Gasteiger partial charge is 0.103 e. The van der Waals surface area contributed by atoms with E-state index in [1.54, 1.807) is 5.56 Å². The SMILES string of the molecule is C=CCCCCc1c(C)c(C)cc(C)c1C. The Kier molecular flexibility index (Phi) is 4.79. The zero-order chi connectivity index (χ0) is 12.1. The minimum absolute atomic E-state index is 1.14. The Bertz CT molecular complexity index is 346. The van der Waals surface area contributed by atoms with E-state index in [0.717, 1.165) is 6.42 Å². The summed E-state index contributed by atoms with van der Waals surface area (Å²) in [6, 6.07) is 2.30. The average Bonchev–Trinajstić information content (AvgIpc) is 2.25. The van der Waals surface area contributed by atoms with Gasteiger partial charge in [0.05, 0.1) is 0 Å². The van der Waals surface area contributed by atoms with Gasteiger partial charge in [-0.3, -0.25) is 0 Å². The molecule has 0 aromatic heterocycles. The molecule has 1 aromatic rings. The van der Waals surface area contributed by atoms with Gasteiger partial charge in [-0.2, -0.15) is 0 Å². The molecule has 0 fully saturated rings. The van der Waals surface area contributed by atoms with Crippen molar-refractivity contribution in [2.24, 2.45) is 0 Å². The molecule has 0 heterocycles. The highest BCUT2D eigenvalue weighted by molar-refractivity contribution is 5.43. The molecule has 0 saturated heterocycles. The molecule has 0 atom stereocenters. The third kappa shape index (κ3) is 2.98. The molecule has 1 rings (SSSR count). The van der Waals surface area contributed by atoms with Gasteiger partial charge in [-0.25, -0.2) is 0 Å². The standard InChI is InChI=1S/C16H24/c1-6-7-8-9-10-16-14(4)12(2)11-13(3)15(16)5/h6,11H,1,7-10H2,2-5H3. The third-order valence-corrected chi connectivity index (χ3v) is 3.61. The van der Waals surface area contributed by atoms with E-state index >= 15 is 0 Å². The summed E-state index contributed by atoms with van der Waals surface area (Å²) in [5.41, 5.74) is 7.41. The quantitative estimate of drug-likeness (QED) is 0.489. The highest BCUT2D eigenvalue weighted by atomic mass is 14.1. The highest BCUT2D eigenvalue weighted by Crippen LogP contribution is 2.23. The Morgan fingerprint density at radius 2 is 1.56 bits per heavy atom. The zero-order valence-electron chi connectivity index (χ0n) is 11.2. The third-order valence-electron chi connectivity index (χ3n) is 3.61. The first kappa shape index (κ1) is 13.0. The van der Waals surface area contributed by atoms with Gasteiger partial charge < -0.3 is 0 Å². The van der Waals surface area contributed by atoms with Crippen LogP contribution in [0.3, 0.4) is 0 Å². The van der Waals surface area contributed by atoms with Gasteiger partial charge in [-0.05, 0) is 81.2 Å². The van der Waals surface area contributed by atoms with Crippen LogP contribution in [0.1, 0.15) is 47.1 Å². The zero-order valence-corrected chi connectivity index (χ0v) is 11.2. The second kappa shape index (κ2) is 5.89. The lowest BCUT2D eigenvalue weighted by Crippen LogP contribution is -1.99. The smallest absolute Gasteiger partial charge is 0.0273 e. The van der Waals surface area contributed by atoms with Gasteiger partial charge >= 0.3 is 0 Å². The van der Waals surface area contributed by atoms with E-state index in [0.29, 0.717) is 0 Å². The topological polar surface area (TPSA) is 0 Å². The summed E-state index contributed by atoms with van der Waals surface area (Å²) in [6.07, 6.45) is 6.91. The fraction of sp³-hybridized carbons (Fsp3) is 0.500. The van der Waals surface area contributed by atoms with Crippen molar-refractivity contribution in [3.8, 4) is 0 Å². The molecule has 0 N–H and O–H groups in total. The number of allylic oxidation sites excluding steroid dienone is 1. The molecular formula is C16H24. The predicted octanol–water partition coefficient (Wildman–Crippen LogP) is 4.82. The number of aryl methyl sites for hydroxylation is 2. The van der Waals surface area contributed by atoms with Gasteiger partial charge in [0.1, 0.15) is 0 Å². The molecule has 0 heteroatoms. The van der Waals surface area contributed by atoms with Crippen LogP contribution in [0, 0.1) is 27.7 Å². The van der Waals surface area contributed by atoms with Crippen LogP contribution in [0.2, 0.25) is 0 Å². The van der Waals surface area contributed by atoms with Crippen molar-refractivity contribution in [3.63, 3.8) is 0 Å². The minimum Gasteiger partial charge on any atom is -0.103 e. The van der Waals surface area contributed by atoms with Crippen molar-refractivity contribution in [1.29, 1.82) is 0 Å². The molecule has 0 aliphatic carbocycles. The number of hydrogen-bond donors (Lipinski definition) is 0. The Balaban J connectivity index is 2.81. The van der Waals surface area contributed by atoms with Crippen molar-refractivity contribution in [2.45, 2.75) is 53.4 Å². The van der Waals surface area contributed by atoms with Crippen LogP contribution in [-0.2, 0) is 6.42 Å². The van der Waals surface area contributed by atoms with Crippen LogP contribution in [0.15, 0.2) is 18.7 Å². The molecule has 0 amide bonds. The molecule has 0 radical (unpaired) electrons. The van der Waals surface area contributed by atoms with Crippen molar-refractivity contribution in [3.05, 3.63) is 46.5 Å². The second-order valence-corrected chi connectivity index (χ2v) is 4.77. The Morgan fingerprint density at radius 3 is 2.06 bits per heavy atom. The van der Waals surface area contributed by atoms with Gasteiger partial charge in [-0.1, -0.05) is 12.1 Å². The van der Waals surface area contributed by atoms with E-state index in [9.17, 15) is 0 Å². The van der Waals surface area contributed by atoms with E-state index in [4.69, 9.17) is 0 Å². The Morgan fingerprint density at radius 1 is 1.00 bits per heavy atom. The molecule has 0 aliphatic heterocycles. The first-order chi connectivity index (χ1) is 7.57. The lowest BCUT2D eigenvalue weighted by Gasteiger charge is -2.15. The van der Waals surface area contributed by atoms with E-state index in [-0.39, 0.29) is 0 Å². The van der Waals surface area contributed by atoms with Gasteiger partial charge in [0.2, 0.25) is 0 Å². The molecular weight excluding hydrogens is 192 g/mol. The van der Waals surface area contributed by atoms with Crippen molar-refractivity contribution in [2.75, 3.05) is 0 Å². The summed E-state index contributed by atoms with van der Waals surface area (Å²) in [6.45, 7) is 12.7. The molecule has 0 aliphatic rings. The van der Waals surface area contributed by atoms with E-state index in [2.05, 4.69) is 40.3 Å². The maximum atomic E-state index is 3.77. The van der Waals surface area contributed by atoms with Crippen LogP contribution in [0.25, 0.3) is 0 Å². The molecule has 0 saturated carbocycles. The molecule has 0 spiro atoms. The first-order valence-corrected chi connectivity index (χ1v) is 6.25. The van der Waals surface area contributed by atoms with Crippen LogP contribution in [0.5, 0.6) is 0 Å². The summed E-state index contributed by atoms with van der Waals surface area (Å²) in [5.74, 6) is 0. The van der Waals surface area contributed by atoms with Crippen molar-refractivity contribution >= 4 is 0 Å². The maximum Gasteiger partial charge on any atom is -0.0273 e. The van der Waals surface area contributed by atoms with E-state index in [1.165, 1.54) is 41.5 Å². The minimum atomic E-state index is 1.14. The highest BCUT2D eigenvalue weighted by Gasteiger charge is 2.07. The van der Waals surface area contributed by atoms with Crippen LogP contribution in [-0.4, -0.2) is 0 Å². The monoisotopic (exact) mass is 216 g/mol. The van der Waals surface area contributed by atoms with Crippen LogP contribution >= 0.6 is 0 Å². The van der Waals surface area contributed by atoms with Gasteiger partial charge in [0.15, 0.2) is 0 Å². The number of unbranched alkanes of at least 4 members (excludes halogenated alkanes) is 2. The molecule has 0 unspecified atom stereocenters. The van der Waals surface area contributed by atoms with Crippen molar-refractivity contribution in [1.82, 2.24) is 0 Å². The van der Waals surface area contributed by atoms with Gasteiger partial charge in [-0.15, -0.1) is 6.58 Å². The van der Waals surface area contributed by atoms with Gasteiger partial charge in [0, 0.05) is 0 Å². The van der Waals surface area contributed by atoms with Gasteiger partial charge in [0.25, 0.3) is 0 Å². The molecule has 16 heavy (non-hydrogen) atoms. The summed E-state index contributed by atoms with van der Waals surface area (Å²) >= 11 is 0. The van der Waals surface area contributed by atoms with Crippen molar-refractivity contribution < 1.29 is 0 Å². The van der Waals surface area contributed by atoms with Crippen LogP contribution < -0.4 is 0 Å². The average molecular weight is 216 g/mol. The van der Waals surface area contributed by atoms with E-state index < -0.39 is 0 Å². The number of benzene rings is 1. The van der Waals surface area contributed by atoms with E-state index in [1.807, 2.05) is 6.08 Å². The van der Waals surface area contributed by atoms with Crippen LogP contribution in [0.4, 0.5) is 0 Å². The normalized spacial score (nSPS) is 10.5. The number of rotatable bonds is 5. The summed E-state index contributed by atoms with van der Waals surface area (Å²) in [5, 5.41) is 0. The Hall–Kier alpha value is -1.04. The fourth-order valence-corrected chi connectivity index (χ4v) is 2.26. The predicted molar refractivity (Wildman–Crippen MR) is 73.1 cm³/mol. The summed E-state index contributed by atoms with van der Waals surface area (Å²) in [7, 11) is 0. The summed E-state index contributed by atoms with van der Waals surface area (Å²) in [4.78, 5) is 0. The Labute approximate surface area is 100 Å². The maximum absolute atomic E-state index is 3.77. The lowest BCUT2D eigenvalue weighted by molar-refractivity contribution is 0.741. The lowest BCUT2D eigenvalue weighted by atomic mass is 9.91. The molecule has 0 bridgehead atoms. The fourth-order valence-electron chi connectivity index (χ4n) is 2.26. The molecule has 1 aromatic carbocycles.